The van der Waals surface area contributed by atoms with E-state index in [0.29, 0.717) is 17.2 Å². The average molecular weight is 338 g/mol. The first-order valence-electron chi connectivity index (χ1n) is 8.46. The number of nitrogen functional groups attached to an aromatic ring is 1. The predicted molar refractivity (Wildman–Crippen MR) is 103 cm³/mol. The lowest BCUT2D eigenvalue weighted by Crippen LogP contribution is -2.18. The van der Waals surface area contributed by atoms with Gasteiger partial charge in [-0.05, 0) is 30.2 Å². The molecule has 0 aliphatic carbocycles. The third-order valence-electron chi connectivity index (χ3n) is 3.17. The Morgan fingerprint density at radius 2 is 1.72 bits per heavy atom. The lowest BCUT2D eigenvalue weighted by molar-refractivity contribution is -0.118. The fourth-order valence-corrected chi connectivity index (χ4v) is 1.43. The van der Waals surface area contributed by atoms with Gasteiger partial charge in [0.15, 0.2) is 5.82 Å². The third kappa shape index (κ3) is 7.98. The van der Waals surface area contributed by atoms with Crippen molar-refractivity contribution in [3.05, 3.63) is 47.9 Å². The maximum atomic E-state index is 11.5. The molecule has 0 fully saturated rings. The van der Waals surface area contributed by atoms with Gasteiger partial charge in [0.1, 0.15) is 5.69 Å². The molecule has 0 spiro atoms. The first-order chi connectivity index (χ1) is 12.0. The largest absolute Gasteiger partial charge is 0.399 e. The molecular weight excluding hydrogens is 312 g/mol. The van der Waals surface area contributed by atoms with E-state index >= 15 is 0 Å². The van der Waals surface area contributed by atoms with Crippen LogP contribution in [0.25, 0.3) is 0 Å². The van der Waals surface area contributed by atoms with Gasteiger partial charge in [-0.25, -0.2) is 9.97 Å². The maximum Gasteiger partial charge on any atom is 0.228 e. The summed E-state index contributed by atoms with van der Waals surface area (Å²) >= 11 is 0. The topological polar surface area (TPSA) is 80.9 Å². The van der Waals surface area contributed by atoms with Crippen LogP contribution in [0.1, 0.15) is 51.8 Å². The zero-order valence-electron chi connectivity index (χ0n) is 15.3. The SMILES string of the molecule is CC(C)C(=O)Nc1cnc(C#Cc2ccc(N)cc2)cn1.CCCC. The molecule has 132 valence electrons. The van der Waals surface area contributed by atoms with Gasteiger partial charge in [0.25, 0.3) is 0 Å². The van der Waals surface area contributed by atoms with Crippen LogP contribution in [0.4, 0.5) is 11.5 Å². The molecule has 2 aromatic rings. The summed E-state index contributed by atoms with van der Waals surface area (Å²) in [5.41, 5.74) is 7.69. The molecule has 0 aliphatic heterocycles. The van der Waals surface area contributed by atoms with E-state index in [1.807, 2.05) is 26.0 Å². The van der Waals surface area contributed by atoms with Crippen LogP contribution in [0.15, 0.2) is 36.7 Å². The van der Waals surface area contributed by atoms with Crippen LogP contribution >= 0.6 is 0 Å². The molecule has 1 aromatic carbocycles. The van der Waals surface area contributed by atoms with Crippen LogP contribution in [-0.2, 0) is 4.79 Å². The van der Waals surface area contributed by atoms with Crippen molar-refractivity contribution in [2.45, 2.75) is 40.5 Å². The molecular formula is C20H26N4O. The Bertz CT molecular complexity index is 708. The van der Waals surface area contributed by atoms with E-state index in [1.165, 1.54) is 25.2 Å². The standard InChI is InChI=1S/C16H16N4O.C4H10/c1-11(2)16(21)20-15-10-18-14(9-19-15)8-5-12-3-6-13(17)7-4-12;1-3-4-2/h3-4,6-7,9-11H,17H2,1-2H3,(H,19,20,21);3-4H2,1-2H3. The number of hydrogen-bond acceptors (Lipinski definition) is 4. The summed E-state index contributed by atoms with van der Waals surface area (Å²) in [5.74, 6) is 6.11. The van der Waals surface area contributed by atoms with Crippen LogP contribution < -0.4 is 11.1 Å². The van der Waals surface area contributed by atoms with Crippen molar-refractivity contribution in [2.75, 3.05) is 11.1 Å². The van der Waals surface area contributed by atoms with Crippen LogP contribution in [0.3, 0.4) is 0 Å². The van der Waals surface area contributed by atoms with E-state index in [-0.39, 0.29) is 11.8 Å². The molecule has 0 aliphatic rings. The number of rotatable bonds is 3. The number of nitrogens with one attached hydrogen (secondary N) is 1. The number of unbranched alkanes of at least 4 members (excludes halogenated alkanes) is 1. The van der Waals surface area contributed by atoms with Gasteiger partial charge < -0.3 is 11.1 Å². The zero-order valence-corrected chi connectivity index (χ0v) is 15.3. The molecule has 2 rings (SSSR count). The van der Waals surface area contributed by atoms with Gasteiger partial charge >= 0.3 is 0 Å². The van der Waals surface area contributed by atoms with Crippen molar-refractivity contribution in [1.29, 1.82) is 0 Å². The second-order valence-corrected chi connectivity index (χ2v) is 5.80. The predicted octanol–water partition coefficient (Wildman–Crippen LogP) is 3.86. The van der Waals surface area contributed by atoms with Crippen LogP contribution in [0.2, 0.25) is 0 Å². The van der Waals surface area contributed by atoms with Crippen LogP contribution in [-0.4, -0.2) is 15.9 Å². The number of carbonyl (C=O) groups excluding carboxylic acids is 1. The summed E-state index contributed by atoms with van der Waals surface area (Å²) in [7, 11) is 0. The first-order valence-corrected chi connectivity index (χ1v) is 8.46. The second kappa shape index (κ2) is 10.8. The Hall–Kier alpha value is -2.87. The van der Waals surface area contributed by atoms with Gasteiger partial charge in [0, 0.05) is 17.2 Å². The molecule has 1 aromatic heterocycles. The average Bonchev–Trinajstić information content (AvgIpc) is 2.62. The van der Waals surface area contributed by atoms with Gasteiger partial charge in [-0.1, -0.05) is 46.5 Å². The van der Waals surface area contributed by atoms with Crippen LogP contribution in [0.5, 0.6) is 0 Å². The highest BCUT2D eigenvalue weighted by atomic mass is 16.1. The van der Waals surface area contributed by atoms with E-state index in [0.717, 1.165) is 5.56 Å². The number of carbonyl (C=O) groups is 1. The number of amides is 1. The number of benzene rings is 1. The van der Waals surface area contributed by atoms with E-state index in [9.17, 15) is 4.79 Å². The van der Waals surface area contributed by atoms with Gasteiger partial charge in [0.2, 0.25) is 5.91 Å². The summed E-state index contributed by atoms with van der Waals surface area (Å²) < 4.78 is 0. The highest BCUT2D eigenvalue weighted by Crippen LogP contribution is 2.05. The van der Waals surface area contributed by atoms with Gasteiger partial charge in [-0.2, -0.15) is 0 Å². The number of hydrogen-bond donors (Lipinski definition) is 2. The van der Waals surface area contributed by atoms with E-state index in [1.54, 1.807) is 12.1 Å². The fourth-order valence-electron chi connectivity index (χ4n) is 1.43. The Morgan fingerprint density at radius 3 is 2.20 bits per heavy atom. The maximum absolute atomic E-state index is 11.5. The van der Waals surface area contributed by atoms with Crippen molar-refractivity contribution in [3.8, 4) is 11.8 Å². The Morgan fingerprint density at radius 1 is 1.08 bits per heavy atom. The Kier molecular flexibility index (Phi) is 8.73. The van der Waals surface area contributed by atoms with E-state index < -0.39 is 0 Å². The van der Waals surface area contributed by atoms with E-state index in [2.05, 4.69) is 41.0 Å². The Balaban J connectivity index is 0.000000705. The number of anilines is 2. The molecule has 1 heterocycles. The molecule has 5 heteroatoms. The molecule has 3 N–H and O–H groups in total. The molecule has 0 bridgehead atoms. The van der Waals surface area contributed by atoms with Gasteiger partial charge in [0.05, 0.1) is 12.4 Å². The summed E-state index contributed by atoms with van der Waals surface area (Å²) in [4.78, 5) is 19.8. The minimum Gasteiger partial charge on any atom is -0.399 e. The molecule has 0 radical (unpaired) electrons. The van der Waals surface area contributed by atoms with Crippen molar-refractivity contribution in [1.82, 2.24) is 9.97 Å². The number of aromatic nitrogens is 2. The molecule has 25 heavy (non-hydrogen) atoms. The highest BCUT2D eigenvalue weighted by molar-refractivity contribution is 5.90. The van der Waals surface area contributed by atoms with Crippen molar-refractivity contribution >= 4 is 17.4 Å². The van der Waals surface area contributed by atoms with Crippen molar-refractivity contribution < 1.29 is 4.79 Å². The Labute approximate surface area is 150 Å². The quantitative estimate of drug-likeness (QED) is 0.658. The second-order valence-electron chi connectivity index (χ2n) is 5.80. The van der Waals surface area contributed by atoms with Gasteiger partial charge in [-0.15, -0.1) is 0 Å². The minimum atomic E-state index is -0.100. The fraction of sp³-hybridized carbons (Fsp3) is 0.350. The molecule has 1 amide bonds. The smallest absolute Gasteiger partial charge is 0.228 e. The minimum absolute atomic E-state index is 0.0926. The molecule has 0 saturated carbocycles. The molecule has 5 nitrogen and oxygen atoms in total. The van der Waals surface area contributed by atoms with E-state index in [4.69, 9.17) is 5.73 Å². The monoisotopic (exact) mass is 338 g/mol. The van der Waals surface area contributed by atoms with Gasteiger partial charge in [-0.3, -0.25) is 4.79 Å². The molecule has 0 unspecified atom stereocenters. The summed E-state index contributed by atoms with van der Waals surface area (Å²) in [5, 5.41) is 2.67. The summed E-state index contributed by atoms with van der Waals surface area (Å²) in [6.45, 7) is 7.99. The highest BCUT2D eigenvalue weighted by Gasteiger charge is 2.07. The zero-order chi connectivity index (χ0) is 18.7. The molecule has 0 atom stereocenters. The van der Waals surface area contributed by atoms with Crippen LogP contribution in [0, 0.1) is 17.8 Å². The van der Waals surface area contributed by atoms with Crippen molar-refractivity contribution in [2.24, 2.45) is 5.92 Å². The number of nitrogens with zero attached hydrogens (tertiary/aromatic N) is 2. The first kappa shape index (κ1) is 20.2. The lowest BCUT2D eigenvalue weighted by atomic mass is 10.2. The molecule has 0 saturated heterocycles. The number of nitrogens with two attached hydrogens (primary N) is 1. The normalized spacial score (nSPS) is 9.48. The lowest BCUT2D eigenvalue weighted by Gasteiger charge is -2.05. The summed E-state index contributed by atoms with van der Waals surface area (Å²) in [6.07, 6.45) is 5.66. The third-order valence-corrected chi connectivity index (χ3v) is 3.17. The van der Waals surface area contributed by atoms with Crippen molar-refractivity contribution in [3.63, 3.8) is 0 Å². The summed E-state index contributed by atoms with van der Waals surface area (Å²) in [6, 6.07) is 7.26.